The van der Waals surface area contributed by atoms with E-state index in [9.17, 15) is 30.6 Å². The van der Waals surface area contributed by atoms with Crippen LogP contribution in [0, 0.1) is 0 Å². The first-order valence-electron chi connectivity index (χ1n) is 37.7. The van der Waals surface area contributed by atoms with Crippen molar-refractivity contribution in [1.82, 2.24) is 91.3 Å². The number of hydrogen-bond acceptors (Lipinski definition) is 40. The molecule has 121 heavy (non-hydrogen) atoms. The first-order chi connectivity index (χ1) is 58.5. The van der Waals surface area contributed by atoms with Crippen molar-refractivity contribution in [3.05, 3.63) is 220 Å². The number of oxazole rings is 3. The van der Waals surface area contributed by atoms with Gasteiger partial charge in [-0.1, -0.05) is 116 Å². The number of aromatic nitrogens is 18. The van der Waals surface area contributed by atoms with Crippen LogP contribution in [0.3, 0.4) is 0 Å². The Hall–Kier alpha value is -12.6. The smallest absolute Gasteiger partial charge is 0.265 e. The highest BCUT2D eigenvalue weighted by Gasteiger charge is 2.30. The maximum Gasteiger partial charge on any atom is 0.265 e. The first-order valence-corrected chi connectivity index (χ1v) is 41.1. The third-order valence-electron chi connectivity index (χ3n) is 16.7. The van der Waals surface area contributed by atoms with Crippen molar-refractivity contribution in [2.45, 2.75) is 171 Å². The minimum Gasteiger partial charge on any atom is -0.443 e. The van der Waals surface area contributed by atoms with Crippen LogP contribution in [0.5, 0.6) is 0 Å². The van der Waals surface area contributed by atoms with E-state index < -0.39 is 36.6 Å². The van der Waals surface area contributed by atoms with E-state index in [0.717, 1.165) is 116 Å². The van der Waals surface area contributed by atoms with E-state index in [1.165, 1.54) is 47.1 Å². The van der Waals surface area contributed by atoms with Gasteiger partial charge in [-0.05, 0) is 56.9 Å². The number of hydrogen-bond donors (Lipinski definition) is 7. The molecular formula is C80H91N19O18S4. The third-order valence-corrected chi connectivity index (χ3v) is 20.8. The Balaban J connectivity index is 0.000000155. The zero-order valence-electron chi connectivity index (χ0n) is 66.4. The molecule has 0 saturated heterocycles. The maximum absolute atomic E-state index is 9.94. The van der Waals surface area contributed by atoms with Crippen molar-refractivity contribution in [1.29, 1.82) is 0 Å². The van der Waals surface area contributed by atoms with Gasteiger partial charge in [-0.15, -0.1) is 45.3 Å². The summed E-state index contributed by atoms with van der Waals surface area (Å²) >= 11 is 6.49. The topological polar surface area (TPSA) is 526 Å². The number of nitrogens with one attached hydrogen (secondary N) is 1. The lowest BCUT2D eigenvalue weighted by atomic mass is 9.97. The number of H-pyrrole nitrogens is 1. The molecule has 0 saturated carbocycles. The highest BCUT2D eigenvalue weighted by molar-refractivity contribution is 7.15. The van der Waals surface area contributed by atoms with Crippen LogP contribution in [-0.2, 0) is 44.9 Å². The molecule has 0 bridgehead atoms. The highest BCUT2D eigenvalue weighted by Crippen LogP contribution is 2.30. The Morgan fingerprint density at radius 3 is 1.34 bits per heavy atom. The Morgan fingerprint density at radius 1 is 0.413 bits per heavy atom. The second-order valence-corrected chi connectivity index (χ2v) is 28.8. The molecule has 1 aliphatic heterocycles. The molecule has 0 amide bonds. The zero-order valence-corrected chi connectivity index (χ0v) is 69.7. The standard InChI is InChI=1S/C12H16N2O4.C11H15N3O4.3C8H8N2O2.4C8H8N2OS.CH4/c1-2-9(15)12(17)11(16)7-5-8(13-6-7)10-3-4-14-18-10;1-2-7(15)10(17)9(16)6-5-12-11(14-6)8-3-4-13-18-8;1-2-6-5-11-8(9-6)7-3-4-12-10-7;1-2-6-5-9-8(12-6)7-3-4-11-10-7;1-2-6-5-11-8(10-6)7-3-4-9-12-7;1-2-6-5-12-8(9-6)7-3-4-11-10-7;1-2-6-5-9-8(12-6)7-3-4-11-10-7;1-2-6-5-9-8(12-6)7-3-4-10-11-7;1-2-6-5-12-8(10-6)7-3-4-9-11-7;/h3-4,6,9,11-12,15-17H,2,5H2,1H3;3-5,7,9-10,15-17H,2H2,1H3,(H,12,14);7*3-5H,2H2,1H3;1H4/t9-,11-,12-;7-,9-,10-;;;;;;;;/m00......../s1. The quantitative estimate of drug-likeness (QED) is 0.0295. The summed E-state index contributed by atoms with van der Waals surface area (Å²) in [6, 6.07) is 15.7. The number of imidazole rings is 1. The maximum atomic E-state index is 9.94. The van der Waals surface area contributed by atoms with Gasteiger partial charge < -0.3 is 89.6 Å². The molecule has 0 unspecified atom stereocenters. The van der Waals surface area contributed by atoms with Crippen molar-refractivity contribution in [3.8, 4) is 89.3 Å². The molecule has 638 valence electrons. The average Bonchev–Trinajstić information content (AvgIpc) is 1.69. The normalized spacial score (nSPS) is 12.7. The molecule has 1 aliphatic rings. The van der Waals surface area contributed by atoms with Crippen molar-refractivity contribution in [2.75, 3.05) is 0 Å². The Labute approximate surface area is 708 Å². The summed E-state index contributed by atoms with van der Waals surface area (Å²) in [7, 11) is 0. The lowest BCUT2D eigenvalue weighted by Crippen LogP contribution is -2.38. The highest BCUT2D eigenvalue weighted by atomic mass is 32.1. The summed E-state index contributed by atoms with van der Waals surface area (Å²) in [6.07, 6.45) is 26.4. The van der Waals surface area contributed by atoms with Crippen LogP contribution >= 0.6 is 45.3 Å². The molecular weight excluding hydrogens is 1640 g/mol. The molecule has 0 spiro atoms. The first kappa shape index (κ1) is 92.3. The van der Waals surface area contributed by atoms with E-state index in [-0.39, 0.29) is 7.43 Å². The van der Waals surface area contributed by atoms with Crippen LogP contribution in [0.25, 0.3) is 89.3 Å². The number of rotatable bonds is 24. The monoisotopic (exact) mass is 1730 g/mol. The van der Waals surface area contributed by atoms with Crippen molar-refractivity contribution in [2.24, 2.45) is 4.99 Å². The van der Waals surface area contributed by atoms with Crippen LogP contribution < -0.4 is 0 Å². The molecule has 0 radical (unpaired) electrons. The van der Waals surface area contributed by atoms with Crippen molar-refractivity contribution < 1.29 is 84.6 Å². The fraction of sp³-hybridized carbons (Fsp3) is 0.325. The van der Waals surface area contributed by atoms with Gasteiger partial charge in [0.2, 0.25) is 23.3 Å². The van der Waals surface area contributed by atoms with E-state index in [0.29, 0.717) is 88.4 Å². The number of thiazole rings is 4. The molecule has 17 aromatic rings. The van der Waals surface area contributed by atoms with Gasteiger partial charge in [-0.2, -0.15) is 0 Å². The minimum atomic E-state index is -1.27. The molecule has 18 rings (SSSR count). The van der Waals surface area contributed by atoms with Crippen LogP contribution in [0.4, 0.5) is 0 Å². The average molecular weight is 1730 g/mol. The Bertz CT molecular complexity index is 4860. The molecule has 41 heteroatoms. The molecule has 0 aliphatic carbocycles. The fourth-order valence-corrected chi connectivity index (χ4v) is 13.1. The Kier molecular flexibility index (Phi) is 37.0. The Morgan fingerprint density at radius 2 is 0.868 bits per heavy atom. The van der Waals surface area contributed by atoms with Gasteiger partial charge in [0.15, 0.2) is 44.5 Å². The largest absolute Gasteiger partial charge is 0.443 e. The van der Waals surface area contributed by atoms with Crippen molar-refractivity contribution in [3.63, 3.8) is 0 Å². The van der Waals surface area contributed by atoms with Gasteiger partial charge in [-0.25, -0.2) is 39.9 Å². The molecule has 18 heterocycles. The van der Waals surface area contributed by atoms with Gasteiger partial charge in [0, 0.05) is 107 Å². The van der Waals surface area contributed by atoms with Gasteiger partial charge in [0.05, 0.1) is 89.8 Å². The van der Waals surface area contributed by atoms with E-state index in [1.54, 1.807) is 139 Å². The minimum absolute atomic E-state index is 0. The van der Waals surface area contributed by atoms with Gasteiger partial charge >= 0.3 is 0 Å². The van der Waals surface area contributed by atoms with Gasteiger partial charge in [0.1, 0.15) is 89.2 Å². The second-order valence-electron chi connectivity index (χ2n) is 24.8. The summed E-state index contributed by atoms with van der Waals surface area (Å²) in [4.78, 5) is 43.0. The predicted molar refractivity (Wildman–Crippen MR) is 444 cm³/mol. The molecule has 6 atom stereocenters. The second kappa shape index (κ2) is 48.5. The van der Waals surface area contributed by atoms with Gasteiger partial charge in [-0.3, -0.25) is 4.99 Å². The summed E-state index contributed by atoms with van der Waals surface area (Å²) in [5.41, 5.74) is 8.48. The van der Waals surface area contributed by atoms with Gasteiger partial charge in [0.25, 0.3) is 5.89 Å². The van der Waals surface area contributed by atoms with Crippen LogP contribution in [0.1, 0.15) is 145 Å². The molecule has 37 nitrogen and oxygen atoms in total. The van der Waals surface area contributed by atoms with Crippen LogP contribution in [0.2, 0.25) is 0 Å². The molecule has 7 N–H and O–H groups in total. The van der Waals surface area contributed by atoms with E-state index in [1.807, 2.05) is 68.2 Å². The number of aromatic amines is 1. The lowest BCUT2D eigenvalue weighted by Gasteiger charge is -2.22. The van der Waals surface area contributed by atoms with Crippen LogP contribution in [-0.4, -0.2) is 158 Å². The summed E-state index contributed by atoms with van der Waals surface area (Å²) in [5, 5.41) is 98.9. The summed E-state index contributed by atoms with van der Waals surface area (Å²) in [5.74, 6) is 5.81. The van der Waals surface area contributed by atoms with E-state index in [2.05, 4.69) is 133 Å². The van der Waals surface area contributed by atoms with E-state index in [4.69, 9.17) is 44.9 Å². The number of nitrogens with zero attached hydrogens (tertiary/aromatic N) is 18. The van der Waals surface area contributed by atoms with Crippen LogP contribution in [0.15, 0.2) is 229 Å². The summed E-state index contributed by atoms with van der Waals surface area (Å²) in [6.45, 7) is 17.9. The molecule has 17 aromatic heterocycles. The summed E-state index contributed by atoms with van der Waals surface area (Å²) < 4.78 is 59.1. The number of aryl methyl sites for hydroxylation is 7. The zero-order chi connectivity index (χ0) is 85.0. The van der Waals surface area contributed by atoms with E-state index >= 15 is 0 Å². The lowest BCUT2D eigenvalue weighted by molar-refractivity contribution is -0.0627. The third kappa shape index (κ3) is 27.2. The molecule has 0 fully saturated rings. The fourth-order valence-electron chi connectivity index (χ4n) is 9.77. The SMILES string of the molecule is C.CC[C@H](O)[C@H](O)[C@@H](O)C1=CN=C(c2ccno2)C1.CC[C@H](O)[C@H](O)[C@@H](O)c1cnc(-c2ccno2)[nH]1.CCc1cnc(-c2ccno2)s1.CCc1cnc(-c2ccon2)o1.CCc1cnc(-c2ccon2)s1.CCc1coc(-c2ccno2)n1.CCc1coc(-c2ccon2)n1.CCc1csc(-c2ccno2)n1.CCc1csc(-c2ccon2)n1. The number of aliphatic hydroxyl groups excluding tert-OH is 6. The molecule has 0 aromatic carbocycles. The number of aliphatic hydroxyl groups is 6. The van der Waals surface area contributed by atoms with Crippen molar-refractivity contribution >= 4 is 51.1 Å². The number of aliphatic imine (C=N–C) groups is 1. The predicted octanol–water partition coefficient (Wildman–Crippen LogP) is 16.2.